The molecule has 6 heteroatoms. The molecule has 0 unspecified atom stereocenters. The lowest BCUT2D eigenvalue weighted by molar-refractivity contribution is 0.244. The molecule has 1 aliphatic carbocycles. The molecular formula is C14H18ClN3OS. The van der Waals surface area contributed by atoms with E-state index < -0.39 is 0 Å². The zero-order valence-electron chi connectivity index (χ0n) is 11.1. The fourth-order valence-corrected chi connectivity index (χ4v) is 2.78. The van der Waals surface area contributed by atoms with Crippen molar-refractivity contribution in [3.8, 4) is 0 Å². The van der Waals surface area contributed by atoms with Crippen LogP contribution in [-0.4, -0.2) is 17.1 Å². The van der Waals surface area contributed by atoms with E-state index in [4.69, 9.17) is 29.6 Å². The number of halogens is 1. The standard InChI is InChI=1S/C14H18ClN3OS/c15-9-6-7-11(13(16)20)12(8-9)18-14(19)17-10-4-2-1-3-5-10/h6-8,10H,1-5H2,(H2,16,20)(H2,17,18,19). The number of nitrogens with two attached hydrogens (primary N) is 1. The van der Waals surface area contributed by atoms with Gasteiger partial charge in [0.15, 0.2) is 0 Å². The normalized spacial score (nSPS) is 15.7. The summed E-state index contributed by atoms with van der Waals surface area (Å²) in [7, 11) is 0. The Balaban J connectivity index is 2.03. The first-order valence-corrected chi connectivity index (χ1v) is 7.52. The molecule has 4 nitrogen and oxygen atoms in total. The van der Waals surface area contributed by atoms with Gasteiger partial charge in [0.25, 0.3) is 0 Å². The lowest BCUT2D eigenvalue weighted by Gasteiger charge is -2.23. The summed E-state index contributed by atoms with van der Waals surface area (Å²) >= 11 is 10.9. The van der Waals surface area contributed by atoms with E-state index in [1.165, 1.54) is 19.3 Å². The quantitative estimate of drug-likeness (QED) is 0.749. The molecule has 1 fully saturated rings. The first-order valence-electron chi connectivity index (χ1n) is 6.73. The summed E-state index contributed by atoms with van der Waals surface area (Å²) in [6, 6.07) is 5.06. The molecule has 108 valence electrons. The van der Waals surface area contributed by atoms with Crippen molar-refractivity contribution in [3.05, 3.63) is 28.8 Å². The number of nitrogens with one attached hydrogen (secondary N) is 2. The Morgan fingerprint density at radius 3 is 2.65 bits per heavy atom. The van der Waals surface area contributed by atoms with Gasteiger partial charge in [0, 0.05) is 16.6 Å². The van der Waals surface area contributed by atoms with Crippen LogP contribution in [0.1, 0.15) is 37.7 Å². The molecule has 1 saturated carbocycles. The van der Waals surface area contributed by atoms with Crippen LogP contribution in [0.5, 0.6) is 0 Å². The average Bonchev–Trinajstić information content (AvgIpc) is 2.39. The first-order chi connectivity index (χ1) is 9.56. The van der Waals surface area contributed by atoms with Gasteiger partial charge in [-0.25, -0.2) is 4.79 Å². The Kier molecular flexibility index (Phi) is 5.20. The number of anilines is 1. The van der Waals surface area contributed by atoms with Crippen LogP contribution in [0.2, 0.25) is 5.02 Å². The SMILES string of the molecule is NC(=S)c1ccc(Cl)cc1NC(=O)NC1CCCCC1. The van der Waals surface area contributed by atoms with Crippen molar-refractivity contribution in [2.75, 3.05) is 5.32 Å². The lowest BCUT2D eigenvalue weighted by Crippen LogP contribution is -2.39. The van der Waals surface area contributed by atoms with Crippen molar-refractivity contribution in [1.29, 1.82) is 0 Å². The van der Waals surface area contributed by atoms with Crippen LogP contribution >= 0.6 is 23.8 Å². The Morgan fingerprint density at radius 2 is 2.00 bits per heavy atom. The molecule has 4 N–H and O–H groups in total. The zero-order chi connectivity index (χ0) is 14.5. The summed E-state index contributed by atoms with van der Waals surface area (Å²) in [5, 5.41) is 6.28. The van der Waals surface area contributed by atoms with Gasteiger partial charge in [0.05, 0.1) is 5.69 Å². The molecule has 2 amide bonds. The van der Waals surface area contributed by atoms with Crippen LogP contribution in [0.25, 0.3) is 0 Å². The second-order valence-corrected chi connectivity index (χ2v) is 5.86. The molecule has 0 bridgehead atoms. The number of urea groups is 1. The topological polar surface area (TPSA) is 67.1 Å². The number of carbonyl (C=O) groups is 1. The monoisotopic (exact) mass is 311 g/mol. The van der Waals surface area contributed by atoms with Crippen LogP contribution in [0, 0.1) is 0 Å². The number of hydrogen-bond acceptors (Lipinski definition) is 2. The van der Waals surface area contributed by atoms with Gasteiger partial charge in [0.2, 0.25) is 0 Å². The van der Waals surface area contributed by atoms with Crippen LogP contribution < -0.4 is 16.4 Å². The molecule has 0 aliphatic heterocycles. The van der Waals surface area contributed by atoms with E-state index >= 15 is 0 Å². The van der Waals surface area contributed by atoms with Gasteiger partial charge in [-0.3, -0.25) is 0 Å². The van der Waals surface area contributed by atoms with Gasteiger partial charge in [-0.1, -0.05) is 43.1 Å². The van der Waals surface area contributed by atoms with Gasteiger partial charge in [-0.15, -0.1) is 0 Å². The number of carbonyl (C=O) groups excluding carboxylic acids is 1. The molecule has 1 aliphatic rings. The van der Waals surface area contributed by atoms with E-state index in [2.05, 4.69) is 10.6 Å². The van der Waals surface area contributed by atoms with E-state index in [9.17, 15) is 4.79 Å². The van der Waals surface area contributed by atoms with E-state index in [1.54, 1.807) is 18.2 Å². The predicted octanol–water partition coefficient (Wildman–Crippen LogP) is 3.43. The van der Waals surface area contributed by atoms with Gasteiger partial charge >= 0.3 is 6.03 Å². The Morgan fingerprint density at radius 1 is 1.30 bits per heavy atom. The maximum Gasteiger partial charge on any atom is 0.319 e. The summed E-state index contributed by atoms with van der Waals surface area (Å²) in [6.45, 7) is 0. The smallest absolute Gasteiger partial charge is 0.319 e. The molecule has 20 heavy (non-hydrogen) atoms. The summed E-state index contributed by atoms with van der Waals surface area (Å²) < 4.78 is 0. The molecule has 0 atom stereocenters. The molecule has 0 radical (unpaired) electrons. The highest BCUT2D eigenvalue weighted by Gasteiger charge is 2.16. The lowest BCUT2D eigenvalue weighted by atomic mass is 9.96. The van der Waals surface area contributed by atoms with Crippen LogP contribution in [0.4, 0.5) is 10.5 Å². The van der Waals surface area contributed by atoms with Gasteiger partial charge in [-0.2, -0.15) is 0 Å². The minimum atomic E-state index is -0.239. The summed E-state index contributed by atoms with van der Waals surface area (Å²) in [5.74, 6) is 0. The predicted molar refractivity (Wildman–Crippen MR) is 86.4 cm³/mol. The van der Waals surface area contributed by atoms with Crippen molar-refractivity contribution < 1.29 is 4.79 Å². The van der Waals surface area contributed by atoms with Crippen molar-refractivity contribution in [2.45, 2.75) is 38.1 Å². The fourth-order valence-electron chi connectivity index (χ4n) is 2.43. The third-order valence-electron chi connectivity index (χ3n) is 3.44. The van der Waals surface area contributed by atoms with Crippen molar-refractivity contribution in [2.24, 2.45) is 5.73 Å². The molecule has 0 saturated heterocycles. The summed E-state index contributed by atoms with van der Waals surface area (Å²) in [5.41, 5.74) is 6.80. The zero-order valence-corrected chi connectivity index (χ0v) is 12.7. The Bertz CT molecular complexity index is 515. The minimum absolute atomic E-state index is 0.231. The van der Waals surface area contributed by atoms with E-state index in [-0.39, 0.29) is 17.1 Å². The van der Waals surface area contributed by atoms with Crippen LogP contribution in [0.15, 0.2) is 18.2 Å². The first kappa shape index (κ1) is 15.1. The highest BCUT2D eigenvalue weighted by atomic mass is 35.5. The third-order valence-corrected chi connectivity index (χ3v) is 3.89. The number of thiocarbonyl (C=S) groups is 1. The Labute approximate surface area is 129 Å². The van der Waals surface area contributed by atoms with Crippen molar-refractivity contribution in [1.82, 2.24) is 5.32 Å². The minimum Gasteiger partial charge on any atom is -0.389 e. The largest absolute Gasteiger partial charge is 0.389 e. The molecule has 0 spiro atoms. The number of benzene rings is 1. The summed E-state index contributed by atoms with van der Waals surface area (Å²) in [4.78, 5) is 12.2. The Hall–Kier alpha value is -1.33. The second kappa shape index (κ2) is 6.90. The molecule has 1 aromatic rings. The maximum absolute atomic E-state index is 12.0. The maximum atomic E-state index is 12.0. The van der Waals surface area contributed by atoms with E-state index in [0.717, 1.165) is 12.8 Å². The van der Waals surface area contributed by atoms with E-state index in [1.807, 2.05) is 0 Å². The van der Waals surface area contributed by atoms with Gasteiger partial charge in [-0.05, 0) is 31.0 Å². The van der Waals surface area contributed by atoms with Crippen molar-refractivity contribution in [3.63, 3.8) is 0 Å². The molecule has 0 heterocycles. The van der Waals surface area contributed by atoms with Gasteiger partial charge in [0.1, 0.15) is 4.99 Å². The molecule has 2 rings (SSSR count). The van der Waals surface area contributed by atoms with Crippen molar-refractivity contribution >= 4 is 40.5 Å². The average molecular weight is 312 g/mol. The second-order valence-electron chi connectivity index (χ2n) is 4.99. The highest BCUT2D eigenvalue weighted by molar-refractivity contribution is 7.80. The highest BCUT2D eigenvalue weighted by Crippen LogP contribution is 2.22. The molecular weight excluding hydrogens is 294 g/mol. The van der Waals surface area contributed by atoms with Crippen LogP contribution in [0.3, 0.4) is 0 Å². The molecule has 0 aromatic heterocycles. The number of amides is 2. The van der Waals surface area contributed by atoms with E-state index in [0.29, 0.717) is 16.3 Å². The van der Waals surface area contributed by atoms with Crippen LogP contribution in [-0.2, 0) is 0 Å². The molecule has 1 aromatic carbocycles. The summed E-state index contributed by atoms with van der Waals surface area (Å²) in [6.07, 6.45) is 5.65. The number of hydrogen-bond donors (Lipinski definition) is 3. The third kappa shape index (κ3) is 4.08. The number of rotatable bonds is 3. The van der Waals surface area contributed by atoms with Gasteiger partial charge < -0.3 is 16.4 Å². The fraction of sp³-hybridized carbons (Fsp3) is 0.429.